The summed E-state index contributed by atoms with van der Waals surface area (Å²) < 4.78 is 7.26. The van der Waals surface area contributed by atoms with Crippen molar-refractivity contribution >= 4 is 43.6 Å². The van der Waals surface area contributed by atoms with E-state index in [2.05, 4.69) is 53.3 Å². The maximum absolute atomic E-state index is 6.06. The number of fused-ring (bicyclic) bond motifs is 4. The molecule has 1 radical (unpaired) electrons. The van der Waals surface area contributed by atoms with Crippen LogP contribution in [0.2, 0.25) is 0 Å². The number of thiophene rings is 1. The molecule has 0 aliphatic rings. The zero-order chi connectivity index (χ0) is 25.4. The molecule has 7 aromatic rings. The Morgan fingerprint density at radius 1 is 0.789 bits per heavy atom. The Kier molecular flexibility index (Phi) is 7.48. The zero-order valence-electron chi connectivity index (χ0n) is 21.1. The van der Waals surface area contributed by atoms with Gasteiger partial charge in [-0.05, 0) is 62.0 Å². The average molecular weight is 690 g/mol. The van der Waals surface area contributed by atoms with Crippen LogP contribution in [0.5, 0.6) is 0 Å². The molecule has 0 amide bonds. The van der Waals surface area contributed by atoms with E-state index in [-0.39, 0.29) is 20.1 Å². The molecule has 5 heterocycles. The first-order chi connectivity index (χ1) is 18.0. The largest absolute Gasteiger partial charge is 0.486 e. The number of hydrogen-bond donors (Lipinski definition) is 0. The van der Waals surface area contributed by atoms with Gasteiger partial charge in [-0.25, -0.2) is 4.98 Å². The third kappa shape index (κ3) is 5.16. The molecule has 0 aliphatic heterocycles. The van der Waals surface area contributed by atoms with Crippen LogP contribution >= 0.6 is 11.3 Å². The summed E-state index contributed by atoms with van der Waals surface area (Å²) in [6, 6.07) is 32.7. The van der Waals surface area contributed by atoms with E-state index in [0.717, 1.165) is 50.1 Å². The standard InChI is InChI=1S/C20H13N2OS.C12H10N.Ir/c1-11-6-7-14-13-4-3-5-15(19(13)23-20(14)21-11)16-8-9-18-17(22-16)10-12(2)24-18;1-10-7-8-12(13-9-10)11-5-3-2-4-6-11;/h3-4,6-10H,1-2H3;2-5,7-9H,1H3;/q2*-1;. The molecule has 0 unspecified atom stereocenters. The Labute approximate surface area is 238 Å². The molecule has 4 nitrogen and oxygen atoms in total. The molecule has 0 fully saturated rings. The molecule has 5 aromatic heterocycles. The van der Waals surface area contributed by atoms with Crippen molar-refractivity contribution in [2.45, 2.75) is 20.8 Å². The van der Waals surface area contributed by atoms with Gasteiger partial charge in [-0.2, -0.15) is 0 Å². The Morgan fingerprint density at radius 2 is 1.66 bits per heavy atom. The molecular weight excluding hydrogens is 667 g/mol. The van der Waals surface area contributed by atoms with Crippen molar-refractivity contribution in [1.29, 1.82) is 0 Å². The van der Waals surface area contributed by atoms with Gasteiger partial charge >= 0.3 is 0 Å². The van der Waals surface area contributed by atoms with Crippen LogP contribution in [0.3, 0.4) is 0 Å². The number of hydrogen-bond acceptors (Lipinski definition) is 5. The van der Waals surface area contributed by atoms with E-state index in [0.29, 0.717) is 5.71 Å². The molecule has 38 heavy (non-hydrogen) atoms. The van der Waals surface area contributed by atoms with Crippen LogP contribution in [-0.4, -0.2) is 15.0 Å². The molecule has 6 heteroatoms. The van der Waals surface area contributed by atoms with Crippen molar-refractivity contribution in [3.05, 3.63) is 113 Å². The van der Waals surface area contributed by atoms with E-state index < -0.39 is 0 Å². The van der Waals surface area contributed by atoms with Gasteiger partial charge in [0.05, 0.1) is 15.8 Å². The van der Waals surface area contributed by atoms with Crippen LogP contribution in [0.15, 0.2) is 89.5 Å². The Hall–Kier alpha value is -3.70. The van der Waals surface area contributed by atoms with Crippen LogP contribution in [0.25, 0.3) is 54.8 Å². The quantitative estimate of drug-likeness (QED) is 0.171. The predicted octanol–water partition coefficient (Wildman–Crippen LogP) is 8.53. The van der Waals surface area contributed by atoms with Crippen LogP contribution in [0.4, 0.5) is 0 Å². The van der Waals surface area contributed by atoms with Gasteiger partial charge in [-0.3, -0.25) is 4.98 Å². The number of rotatable bonds is 2. The summed E-state index contributed by atoms with van der Waals surface area (Å²) >= 11 is 1.76. The van der Waals surface area contributed by atoms with Crippen LogP contribution in [-0.2, 0) is 20.1 Å². The molecule has 0 saturated carbocycles. The molecule has 0 bridgehead atoms. The number of nitrogens with zero attached hydrogens (tertiary/aromatic N) is 3. The van der Waals surface area contributed by atoms with Gasteiger partial charge in [0.15, 0.2) is 0 Å². The predicted molar refractivity (Wildman–Crippen MR) is 152 cm³/mol. The van der Waals surface area contributed by atoms with E-state index in [1.807, 2.05) is 74.6 Å². The van der Waals surface area contributed by atoms with Crippen molar-refractivity contribution in [2.24, 2.45) is 0 Å². The summed E-state index contributed by atoms with van der Waals surface area (Å²) in [7, 11) is 0. The fraction of sp³-hybridized carbons (Fsp3) is 0.0938. The fourth-order valence-corrected chi connectivity index (χ4v) is 5.13. The number of pyridine rings is 3. The minimum atomic E-state index is 0. The molecule has 0 atom stereocenters. The Bertz CT molecular complexity index is 1860. The second-order valence-corrected chi connectivity index (χ2v) is 10.2. The van der Waals surface area contributed by atoms with Crippen molar-refractivity contribution < 1.29 is 24.5 Å². The van der Waals surface area contributed by atoms with Gasteiger partial charge in [-0.15, -0.1) is 65.4 Å². The summed E-state index contributed by atoms with van der Waals surface area (Å²) in [5, 5.41) is 2.08. The molecule has 2 aromatic carbocycles. The van der Waals surface area contributed by atoms with Gasteiger partial charge in [0.25, 0.3) is 0 Å². The molecule has 0 N–H and O–H groups in total. The monoisotopic (exact) mass is 690 g/mol. The minimum Gasteiger partial charge on any atom is -0.486 e. The maximum Gasteiger partial charge on any atom is 0.216 e. The van der Waals surface area contributed by atoms with Gasteiger partial charge in [0.1, 0.15) is 0 Å². The summed E-state index contributed by atoms with van der Waals surface area (Å²) in [5.74, 6) is 0. The first-order valence-corrected chi connectivity index (χ1v) is 12.8. The second kappa shape index (κ2) is 11.0. The van der Waals surface area contributed by atoms with E-state index in [9.17, 15) is 0 Å². The van der Waals surface area contributed by atoms with Crippen LogP contribution in [0, 0.1) is 32.9 Å². The zero-order valence-corrected chi connectivity index (χ0v) is 24.3. The van der Waals surface area contributed by atoms with Crippen LogP contribution in [0.1, 0.15) is 16.1 Å². The number of furan rings is 1. The third-order valence-corrected chi connectivity index (χ3v) is 7.09. The van der Waals surface area contributed by atoms with E-state index in [1.165, 1.54) is 15.1 Å². The smallest absolute Gasteiger partial charge is 0.216 e. The maximum atomic E-state index is 6.06. The number of aromatic nitrogens is 3. The molecular formula is C32H23IrN3OS-2. The van der Waals surface area contributed by atoms with Crippen molar-refractivity contribution in [3.63, 3.8) is 0 Å². The van der Waals surface area contributed by atoms with Gasteiger partial charge in [0, 0.05) is 42.3 Å². The first kappa shape index (κ1) is 25.9. The SMILES string of the molecule is Cc1ccc(-c2[c-]cccc2)nc1.Cc1ccc2c(n1)oc1c(-c3ccc4sc(C)cc4n3)[c-]ccc12.[Ir]. The fourth-order valence-electron chi connectivity index (χ4n) is 4.27. The molecule has 0 saturated heterocycles. The summed E-state index contributed by atoms with van der Waals surface area (Å²) in [6.45, 7) is 6.10. The van der Waals surface area contributed by atoms with Crippen molar-refractivity contribution in [2.75, 3.05) is 0 Å². The molecule has 189 valence electrons. The van der Waals surface area contributed by atoms with Gasteiger partial charge in [0.2, 0.25) is 5.71 Å². The normalized spacial score (nSPS) is 10.8. The second-order valence-electron chi connectivity index (χ2n) is 8.94. The van der Waals surface area contributed by atoms with Crippen molar-refractivity contribution in [1.82, 2.24) is 15.0 Å². The molecule has 7 rings (SSSR count). The minimum absolute atomic E-state index is 0. The Morgan fingerprint density at radius 3 is 2.45 bits per heavy atom. The average Bonchev–Trinajstić information content (AvgIpc) is 3.48. The number of benzene rings is 2. The van der Waals surface area contributed by atoms with Gasteiger partial charge < -0.3 is 9.40 Å². The van der Waals surface area contributed by atoms with E-state index in [1.54, 1.807) is 11.3 Å². The third-order valence-electron chi connectivity index (χ3n) is 6.09. The van der Waals surface area contributed by atoms with Gasteiger partial charge in [-0.1, -0.05) is 29.1 Å². The molecule has 0 spiro atoms. The molecule has 0 aliphatic carbocycles. The first-order valence-electron chi connectivity index (χ1n) is 12.0. The number of aryl methyl sites for hydroxylation is 3. The Balaban J connectivity index is 0.000000179. The van der Waals surface area contributed by atoms with Crippen LogP contribution < -0.4 is 0 Å². The van der Waals surface area contributed by atoms with E-state index in [4.69, 9.17) is 9.40 Å². The van der Waals surface area contributed by atoms with Crippen molar-refractivity contribution in [3.8, 4) is 22.5 Å². The van der Waals surface area contributed by atoms with E-state index >= 15 is 0 Å². The topological polar surface area (TPSA) is 51.8 Å². The summed E-state index contributed by atoms with van der Waals surface area (Å²) in [4.78, 5) is 14.9. The summed E-state index contributed by atoms with van der Waals surface area (Å²) in [6.07, 6.45) is 1.87. The summed E-state index contributed by atoms with van der Waals surface area (Å²) in [5.41, 5.74) is 8.39.